The van der Waals surface area contributed by atoms with Gasteiger partial charge in [0.1, 0.15) is 0 Å². The number of nitrogens with zero attached hydrogens (tertiary/aromatic N) is 3. The van der Waals surface area contributed by atoms with Crippen molar-refractivity contribution in [2.45, 2.75) is 44.9 Å². The molecule has 2 heterocycles. The number of thiazole rings is 1. The molecule has 4 saturated carbocycles. The largest absolute Gasteiger partial charge is 0.293 e. The second-order valence-corrected chi connectivity index (χ2v) is 10.7. The van der Waals surface area contributed by atoms with E-state index in [-0.39, 0.29) is 11.3 Å². The van der Waals surface area contributed by atoms with Crippen LogP contribution < -0.4 is 5.32 Å². The van der Waals surface area contributed by atoms with Crippen LogP contribution in [0.5, 0.6) is 0 Å². The van der Waals surface area contributed by atoms with Gasteiger partial charge in [-0.05, 0) is 73.8 Å². The van der Waals surface area contributed by atoms with Crippen LogP contribution >= 0.6 is 22.9 Å². The van der Waals surface area contributed by atoms with Gasteiger partial charge >= 0.3 is 0 Å². The zero-order valence-electron chi connectivity index (χ0n) is 16.1. The van der Waals surface area contributed by atoms with Gasteiger partial charge in [0, 0.05) is 22.4 Å². The van der Waals surface area contributed by atoms with E-state index in [2.05, 4.69) is 15.4 Å². The molecule has 3 aromatic rings. The van der Waals surface area contributed by atoms with Gasteiger partial charge in [-0.25, -0.2) is 4.52 Å². The summed E-state index contributed by atoms with van der Waals surface area (Å²) in [6, 6.07) is 7.67. The fourth-order valence-corrected chi connectivity index (χ4v) is 7.53. The molecule has 1 amide bonds. The fraction of sp³-hybridized carbons (Fsp3) is 0.500. The summed E-state index contributed by atoms with van der Waals surface area (Å²) in [5.74, 6) is 3.03. The maximum Gasteiger partial charge on any atom is 0.250 e. The Balaban J connectivity index is 1.20. The average Bonchev–Trinajstić information content (AvgIpc) is 3.21. The van der Waals surface area contributed by atoms with Crippen molar-refractivity contribution in [1.29, 1.82) is 0 Å². The zero-order valence-corrected chi connectivity index (χ0v) is 17.7. The van der Waals surface area contributed by atoms with Crippen molar-refractivity contribution in [1.82, 2.24) is 14.6 Å². The number of halogens is 1. The number of amides is 1. The van der Waals surface area contributed by atoms with Crippen LogP contribution in [0.15, 0.2) is 29.6 Å². The Morgan fingerprint density at radius 2 is 1.79 bits per heavy atom. The lowest BCUT2D eigenvalue weighted by Gasteiger charge is -2.56. The molecule has 7 heteroatoms. The Morgan fingerprint density at radius 3 is 2.45 bits per heavy atom. The maximum absolute atomic E-state index is 12.9. The molecule has 0 aliphatic heterocycles. The number of nitrogens with one attached hydrogen (secondary N) is 1. The number of carbonyl (C=O) groups is 1. The molecule has 150 valence electrons. The Morgan fingerprint density at radius 1 is 1.14 bits per heavy atom. The molecular weight excluding hydrogens is 404 g/mol. The second kappa shape index (κ2) is 6.54. The van der Waals surface area contributed by atoms with Gasteiger partial charge in [0.15, 0.2) is 0 Å². The lowest BCUT2D eigenvalue weighted by molar-refractivity contribution is -0.124. The normalized spacial score (nSPS) is 30.2. The molecule has 0 radical (unpaired) electrons. The highest BCUT2D eigenvalue weighted by atomic mass is 35.5. The van der Waals surface area contributed by atoms with Gasteiger partial charge < -0.3 is 0 Å². The van der Waals surface area contributed by atoms with E-state index < -0.39 is 0 Å². The molecule has 0 unspecified atom stereocenters. The van der Waals surface area contributed by atoms with Crippen LogP contribution in [0.2, 0.25) is 5.02 Å². The van der Waals surface area contributed by atoms with Gasteiger partial charge in [-0.2, -0.15) is 4.98 Å². The molecule has 4 bridgehead atoms. The van der Waals surface area contributed by atoms with Gasteiger partial charge in [0.05, 0.1) is 5.69 Å². The Kier molecular flexibility index (Phi) is 4.04. The minimum atomic E-state index is 0.0678. The molecule has 0 spiro atoms. The molecule has 1 aromatic carbocycles. The summed E-state index contributed by atoms with van der Waals surface area (Å²) in [5.41, 5.74) is 2.21. The molecule has 0 atom stereocenters. The molecule has 4 aliphatic rings. The number of aromatic nitrogens is 3. The molecule has 4 aliphatic carbocycles. The first-order valence-electron chi connectivity index (χ1n) is 10.5. The van der Waals surface area contributed by atoms with Crippen LogP contribution in [-0.4, -0.2) is 20.5 Å². The molecule has 4 fully saturated rings. The van der Waals surface area contributed by atoms with Crippen molar-refractivity contribution in [2.24, 2.45) is 23.2 Å². The standard InChI is InChI=1S/C22H23ClN4OS/c23-17-3-1-16(2-4-17)18-12-29-21-25-20(26-27(18)21)24-19(28)11-22-8-13-5-14(9-22)7-15(6-13)10-22/h1-4,12-15H,5-11H2,(H,24,26,28). The Bertz CT molecular complexity index is 1050. The van der Waals surface area contributed by atoms with E-state index in [1.165, 1.54) is 49.9 Å². The molecule has 29 heavy (non-hydrogen) atoms. The van der Waals surface area contributed by atoms with Crippen molar-refractivity contribution < 1.29 is 4.79 Å². The van der Waals surface area contributed by atoms with E-state index in [1.807, 2.05) is 29.6 Å². The summed E-state index contributed by atoms with van der Waals surface area (Å²) in [6.07, 6.45) is 8.51. The number of fused-ring (bicyclic) bond motifs is 1. The highest BCUT2D eigenvalue weighted by Crippen LogP contribution is 2.61. The topological polar surface area (TPSA) is 59.3 Å². The van der Waals surface area contributed by atoms with Gasteiger partial charge in [0.2, 0.25) is 16.8 Å². The van der Waals surface area contributed by atoms with E-state index in [0.717, 1.165) is 34.0 Å². The smallest absolute Gasteiger partial charge is 0.250 e. The molecule has 1 N–H and O–H groups in total. The summed E-state index contributed by atoms with van der Waals surface area (Å²) < 4.78 is 1.80. The summed E-state index contributed by atoms with van der Waals surface area (Å²) in [7, 11) is 0. The van der Waals surface area contributed by atoms with Crippen LogP contribution in [0.25, 0.3) is 16.2 Å². The molecule has 0 saturated heterocycles. The van der Waals surface area contributed by atoms with E-state index >= 15 is 0 Å². The van der Waals surface area contributed by atoms with Gasteiger partial charge in [-0.3, -0.25) is 10.1 Å². The van der Waals surface area contributed by atoms with E-state index in [4.69, 9.17) is 11.6 Å². The maximum atomic E-state index is 12.9. The second-order valence-electron chi connectivity index (χ2n) is 9.40. The van der Waals surface area contributed by atoms with Crippen LogP contribution in [-0.2, 0) is 4.79 Å². The average molecular weight is 427 g/mol. The summed E-state index contributed by atoms with van der Waals surface area (Å²) in [5, 5.41) is 10.3. The number of hydrogen-bond acceptors (Lipinski definition) is 4. The summed E-state index contributed by atoms with van der Waals surface area (Å²) >= 11 is 7.52. The summed E-state index contributed by atoms with van der Waals surface area (Å²) in [4.78, 5) is 18.2. The first-order chi connectivity index (χ1) is 14.1. The van der Waals surface area contributed by atoms with Crippen molar-refractivity contribution in [3.8, 4) is 11.3 Å². The summed E-state index contributed by atoms with van der Waals surface area (Å²) in [6.45, 7) is 0. The Hall–Kier alpha value is -1.92. The monoisotopic (exact) mass is 426 g/mol. The first-order valence-corrected chi connectivity index (χ1v) is 11.7. The van der Waals surface area contributed by atoms with Crippen LogP contribution in [0.3, 0.4) is 0 Å². The van der Waals surface area contributed by atoms with Gasteiger partial charge in [0.25, 0.3) is 0 Å². The van der Waals surface area contributed by atoms with Crippen molar-refractivity contribution in [3.63, 3.8) is 0 Å². The zero-order chi connectivity index (χ0) is 19.6. The van der Waals surface area contributed by atoms with E-state index in [1.54, 1.807) is 4.52 Å². The SMILES string of the molecule is O=C(CC12CC3CC(CC(C3)C1)C2)Nc1nc2scc(-c3ccc(Cl)cc3)n2n1. The van der Waals surface area contributed by atoms with Crippen molar-refractivity contribution in [3.05, 3.63) is 34.7 Å². The molecule has 7 rings (SSSR count). The lowest BCUT2D eigenvalue weighted by Crippen LogP contribution is -2.47. The van der Waals surface area contributed by atoms with E-state index in [9.17, 15) is 4.79 Å². The minimum absolute atomic E-state index is 0.0678. The third-order valence-electron chi connectivity index (χ3n) is 7.17. The number of hydrogen-bond donors (Lipinski definition) is 1. The predicted molar refractivity (Wildman–Crippen MR) is 115 cm³/mol. The first kappa shape index (κ1) is 17.9. The van der Waals surface area contributed by atoms with E-state index in [0.29, 0.717) is 17.4 Å². The molecular formula is C22H23ClN4OS. The number of rotatable bonds is 4. The third kappa shape index (κ3) is 3.17. The predicted octanol–water partition coefficient (Wildman–Crippen LogP) is 5.66. The fourth-order valence-electron chi connectivity index (χ4n) is 6.57. The highest BCUT2D eigenvalue weighted by molar-refractivity contribution is 7.15. The molecule has 2 aromatic heterocycles. The highest BCUT2D eigenvalue weighted by Gasteiger charge is 2.51. The van der Waals surface area contributed by atoms with Crippen LogP contribution in [0.1, 0.15) is 44.9 Å². The quantitative estimate of drug-likeness (QED) is 0.585. The van der Waals surface area contributed by atoms with Crippen molar-refractivity contribution in [2.75, 3.05) is 5.32 Å². The molecule has 5 nitrogen and oxygen atoms in total. The minimum Gasteiger partial charge on any atom is -0.293 e. The van der Waals surface area contributed by atoms with Crippen LogP contribution in [0.4, 0.5) is 5.95 Å². The van der Waals surface area contributed by atoms with Gasteiger partial charge in [-0.15, -0.1) is 16.4 Å². The lowest BCUT2D eigenvalue weighted by atomic mass is 9.49. The third-order valence-corrected chi connectivity index (χ3v) is 8.24. The number of anilines is 1. The van der Waals surface area contributed by atoms with Gasteiger partial charge in [-0.1, -0.05) is 23.7 Å². The Labute approximate surface area is 178 Å². The van der Waals surface area contributed by atoms with Crippen molar-refractivity contribution >= 4 is 39.8 Å². The number of benzene rings is 1. The van der Waals surface area contributed by atoms with Crippen LogP contribution in [0, 0.1) is 23.2 Å². The number of carbonyl (C=O) groups excluding carboxylic acids is 1.